The highest BCUT2D eigenvalue weighted by Gasteiger charge is 2.17. The molecule has 0 amide bonds. The number of carboxylic acid groups (broad SMARTS) is 1. The van der Waals surface area contributed by atoms with Gasteiger partial charge in [0.25, 0.3) is 0 Å². The molecule has 14 heavy (non-hydrogen) atoms. The molecule has 0 radical (unpaired) electrons. The maximum Gasteiger partial charge on any atom is 0.312 e. The number of rotatable bonds is 3. The van der Waals surface area contributed by atoms with Crippen LogP contribution in [0.3, 0.4) is 0 Å². The summed E-state index contributed by atoms with van der Waals surface area (Å²) in [6.45, 7) is 4.10. The number of benzene rings is 1. The van der Waals surface area contributed by atoms with Crippen LogP contribution in [0.2, 0.25) is 0 Å². The van der Waals surface area contributed by atoms with Gasteiger partial charge in [-0.15, -0.1) is 0 Å². The Labute approximate surface area is 83.6 Å². The molecule has 0 heterocycles. The van der Waals surface area contributed by atoms with Gasteiger partial charge in [0.05, 0.1) is 5.92 Å². The Bertz CT molecular complexity index is 347. The van der Waals surface area contributed by atoms with Crippen LogP contribution >= 0.6 is 0 Å². The molecule has 1 atom stereocenters. The van der Waals surface area contributed by atoms with Crippen molar-refractivity contribution in [3.63, 3.8) is 0 Å². The molecule has 0 aliphatic heterocycles. The van der Waals surface area contributed by atoms with E-state index in [1.807, 2.05) is 32.0 Å². The predicted molar refractivity (Wildman–Crippen MR) is 55.3 cm³/mol. The summed E-state index contributed by atoms with van der Waals surface area (Å²) in [5.41, 5.74) is 8.45. The molecule has 76 valence electrons. The van der Waals surface area contributed by atoms with Crippen molar-refractivity contribution in [1.82, 2.24) is 0 Å². The van der Waals surface area contributed by atoms with Crippen LogP contribution < -0.4 is 5.73 Å². The third-order valence-electron chi connectivity index (χ3n) is 2.47. The first kappa shape index (κ1) is 10.7. The van der Waals surface area contributed by atoms with E-state index in [9.17, 15) is 4.79 Å². The van der Waals surface area contributed by atoms with Gasteiger partial charge in [0.1, 0.15) is 0 Å². The van der Waals surface area contributed by atoms with Gasteiger partial charge in [0.2, 0.25) is 0 Å². The van der Waals surface area contributed by atoms with E-state index in [0.717, 1.165) is 16.7 Å². The zero-order valence-corrected chi connectivity index (χ0v) is 8.45. The fraction of sp³-hybridized carbons (Fsp3) is 0.364. The molecular weight excluding hydrogens is 178 g/mol. The van der Waals surface area contributed by atoms with Crippen molar-refractivity contribution in [2.24, 2.45) is 5.73 Å². The van der Waals surface area contributed by atoms with E-state index in [2.05, 4.69) is 0 Å². The molecule has 0 saturated heterocycles. The van der Waals surface area contributed by atoms with Crippen LogP contribution in [-0.2, 0) is 4.79 Å². The van der Waals surface area contributed by atoms with Crippen molar-refractivity contribution < 1.29 is 9.90 Å². The summed E-state index contributed by atoms with van der Waals surface area (Å²) in [5, 5.41) is 8.91. The third-order valence-corrected chi connectivity index (χ3v) is 2.47. The van der Waals surface area contributed by atoms with Gasteiger partial charge in [0.15, 0.2) is 0 Å². The number of nitrogens with two attached hydrogens (primary N) is 1. The molecule has 1 aromatic carbocycles. The second-order valence-corrected chi connectivity index (χ2v) is 3.47. The van der Waals surface area contributed by atoms with Gasteiger partial charge < -0.3 is 10.8 Å². The normalized spacial score (nSPS) is 12.5. The highest BCUT2D eigenvalue weighted by atomic mass is 16.4. The Morgan fingerprint density at radius 1 is 1.43 bits per heavy atom. The Kier molecular flexibility index (Phi) is 3.25. The standard InChI is InChI=1S/C11H15NO2/c1-7-3-4-9(5-8(7)2)10(6-12)11(13)14/h3-5,10H,6,12H2,1-2H3,(H,13,14). The first-order valence-electron chi connectivity index (χ1n) is 4.56. The molecule has 3 N–H and O–H groups in total. The van der Waals surface area contributed by atoms with Crippen LogP contribution in [0.1, 0.15) is 22.6 Å². The largest absolute Gasteiger partial charge is 0.481 e. The topological polar surface area (TPSA) is 63.3 Å². The summed E-state index contributed by atoms with van der Waals surface area (Å²) in [6, 6.07) is 5.64. The number of hydrogen-bond donors (Lipinski definition) is 2. The van der Waals surface area contributed by atoms with Gasteiger partial charge in [-0.2, -0.15) is 0 Å². The average molecular weight is 193 g/mol. The molecule has 1 aromatic rings. The van der Waals surface area contributed by atoms with Gasteiger partial charge >= 0.3 is 5.97 Å². The molecule has 0 saturated carbocycles. The smallest absolute Gasteiger partial charge is 0.312 e. The van der Waals surface area contributed by atoms with Gasteiger partial charge in [-0.3, -0.25) is 4.79 Å². The quantitative estimate of drug-likeness (QED) is 0.763. The van der Waals surface area contributed by atoms with Crippen molar-refractivity contribution in [1.29, 1.82) is 0 Å². The lowest BCUT2D eigenvalue weighted by molar-refractivity contribution is -0.138. The summed E-state index contributed by atoms with van der Waals surface area (Å²) in [5.74, 6) is -1.45. The van der Waals surface area contributed by atoms with Crippen molar-refractivity contribution in [3.8, 4) is 0 Å². The van der Waals surface area contributed by atoms with Gasteiger partial charge in [-0.05, 0) is 30.5 Å². The maximum atomic E-state index is 10.8. The minimum atomic E-state index is -0.865. The minimum absolute atomic E-state index is 0.137. The second kappa shape index (κ2) is 4.24. The molecule has 1 rings (SSSR count). The molecule has 0 aliphatic carbocycles. The highest BCUT2D eigenvalue weighted by Crippen LogP contribution is 2.18. The monoisotopic (exact) mass is 193 g/mol. The number of carboxylic acids is 1. The molecule has 1 unspecified atom stereocenters. The third kappa shape index (κ3) is 2.12. The zero-order chi connectivity index (χ0) is 10.7. The number of aryl methyl sites for hydroxylation is 2. The molecule has 3 nitrogen and oxygen atoms in total. The van der Waals surface area contributed by atoms with Crippen molar-refractivity contribution in [2.45, 2.75) is 19.8 Å². The summed E-state index contributed by atoms with van der Waals surface area (Å²) < 4.78 is 0. The van der Waals surface area contributed by atoms with Gasteiger partial charge in [-0.1, -0.05) is 18.2 Å². The Balaban J connectivity index is 3.06. The Morgan fingerprint density at radius 2 is 2.07 bits per heavy atom. The van der Waals surface area contributed by atoms with Crippen molar-refractivity contribution >= 4 is 5.97 Å². The lowest BCUT2D eigenvalue weighted by Crippen LogP contribution is -2.21. The predicted octanol–water partition coefficient (Wildman–Crippen LogP) is 1.43. The lowest BCUT2D eigenvalue weighted by atomic mass is 9.96. The fourth-order valence-electron chi connectivity index (χ4n) is 1.36. The molecule has 0 aliphatic rings. The van der Waals surface area contributed by atoms with Crippen molar-refractivity contribution in [3.05, 3.63) is 34.9 Å². The van der Waals surface area contributed by atoms with Crippen LogP contribution in [0.15, 0.2) is 18.2 Å². The van der Waals surface area contributed by atoms with E-state index in [0.29, 0.717) is 0 Å². The average Bonchev–Trinajstić information content (AvgIpc) is 2.11. The summed E-state index contributed by atoms with van der Waals surface area (Å²) in [4.78, 5) is 10.8. The molecule has 0 aromatic heterocycles. The van der Waals surface area contributed by atoms with Crippen LogP contribution in [-0.4, -0.2) is 17.6 Å². The number of aliphatic carboxylic acids is 1. The molecule has 0 bridgehead atoms. The SMILES string of the molecule is Cc1ccc(C(CN)C(=O)O)cc1C. The van der Waals surface area contributed by atoms with E-state index in [1.165, 1.54) is 0 Å². The highest BCUT2D eigenvalue weighted by molar-refractivity contribution is 5.76. The van der Waals surface area contributed by atoms with Gasteiger partial charge in [0, 0.05) is 6.54 Å². The summed E-state index contributed by atoms with van der Waals surface area (Å²) in [6.07, 6.45) is 0. The van der Waals surface area contributed by atoms with Crippen molar-refractivity contribution in [2.75, 3.05) is 6.54 Å². The maximum absolute atomic E-state index is 10.8. The summed E-state index contributed by atoms with van der Waals surface area (Å²) >= 11 is 0. The first-order chi connectivity index (χ1) is 6.56. The first-order valence-corrected chi connectivity index (χ1v) is 4.56. The Morgan fingerprint density at radius 3 is 2.50 bits per heavy atom. The molecule has 3 heteroatoms. The van der Waals surface area contributed by atoms with Gasteiger partial charge in [-0.25, -0.2) is 0 Å². The molecule has 0 fully saturated rings. The van der Waals surface area contributed by atoms with E-state index in [4.69, 9.17) is 10.8 Å². The molecule has 0 spiro atoms. The molecular formula is C11H15NO2. The van der Waals surface area contributed by atoms with E-state index in [-0.39, 0.29) is 6.54 Å². The fourth-order valence-corrected chi connectivity index (χ4v) is 1.36. The zero-order valence-electron chi connectivity index (χ0n) is 8.45. The van der Waals surface area contributed by atoms with Crippen LogP contribution in [0.4, 0.5) is 0 Å². The summed E-state index contributed by atoms with van der Waals surface area (Å²) in [7, 11) is 0. The van der Waals surface area contributed by atoms with Crippen LogP contribution in [0.5, 0.6) is 0 Å². The number of carbonyl (C=O) groups is 1. The van der Waals surface area contributed by atoms with Crippen LogP contribution in [0.25, 0.3) is 0 Å². The second-order valence-electron chi connectivity index (χ2n) is 3.47. The lowest BCUT2D eigenvalue weighted by Gasteiger charge is -2.11. The number of hydrogen-bond acceptors (Lipinski definition) is 2. The van der Waals surface area contributed by atoms with E-state index in [1.54, 1.807) is 0 Å². The van der Waals surface area contributed by atoms with E-state index >= 15 is 0 Å². The minimum Gasteiger partial charge on any atom is -0.481 e. The van der Waals surface area contributed by atoms with Crippen LogP contribution in [0, 0.1) is 13.8 Å². The van der Waals surface area contributed by atoms with E-state index < -0.39 is 11.9 Å². The Hall–Kier alpha value is -1.35.